The Hall–Kier alpha value is -1.49. The minimum absolute atomic E-state index is 0.237. The summed E-state index contributed by atoms with van der Waals surface area (Å²) < 4.78 is 26.7. The van der Waals surface area contributed by atoms with Crippen molar-refractivity contribution < 1.29 is 13.6 Å². The molecule has 1 aromatic carbocycles. The Kier molecular flexibility index (Phi) is 4.71. The molecule has 1 saturated heterocycles. The van der Waals surface area contributed by atoms with E-state index >= 15 is 0 Å². The van der Waals surface area contributed by atoms with Gasteiger partial charge < -0.3 is 4.90 Å². The molecule has 1 aliphatic heterocycles. The van der Waals surface area contributed by atoms with Gasteiger partial charge in [-0.1, -0.05) is 12.5 Å². The van der Waals surface area contributed by atoms with Gasteiger partial charge in [0.15, 0.2) is 0 Å². The van der Waals surface area contributed by atoms with Crippen molar-refractivity contribution in [3.8, 4) is 0 Å². The highest BCUT2D eigenvalue weighted by Gasteiger charge is 2.30. The molecule has 1 saturated carbocycles. The van der Waals surface area contributed by atoms with E-state index in [4.69, 9.17) is 0 Å². The molecule has 0 N–H and O–H groups in total. The summed E-state index contributed by atoms with van der Waals surface area (Å²) in [5.41, 5.74) is 0.514. The van der Waals surface area contributed by atoms with Crippen LogP contribution < -0.4 is 0 Å². The molecule has 1 amide bonds. The van der Waals surface area contributed by atoms with Gasteiger partial charge in [-0.2, -0.15) is 0 Å². The first-order chi connectivity index (χ1) is 10.6. The molecule has 22 heavy (non-hydrogen) atoms. The highest BCUT2D eigenvalue weighted by atomic mass is 19.1. The summed E-state index contributed by atoms with van der Waals surface area (Å²) >= 11 is 0. The molecule has 2 fully saturated rings. The van der Waals surface area contributed by atoms with Gasteiger partial charge >= 0.3 is 0 Å². The van der Waals surface area contributed by atoms with E-state index in [0.29, 0.717) is 24.6 Å². The highest BCUT2D eigenvalue weighted by molar-refractivity contribution is 5.79. The first-order valence-electron chi connectivity index (χ1n) is 8.08. The lowest BCUT2D eigenvalue weighted by Crippen LogP contribution is -2.41. The van der Waals surface area contributed by atoms with Crippen molar-refractivity contribution in [3.05, 3.63) is 35.4 Å². The Morgan fingerprint density at radius 2 is 1.91 bits per heavy atom. The third kappa shape index (κ3) is 3.46. The maximum Gasteiger partial charge on any atom is 0.225 e. The smallest absolute Gasteiger partial charge is 0.225 e. The Bertz CT molecular complexity index is 545. The van der Waals surface area contributed by atoms with Crippen LogP contribution in [0.4, 0.5) is 8.78 Å². The van der Waals surface area contributed by atoms with Crippen LogP contribution in [0.5, 0.6) is 0 Å². The fourth-order valence-corrected chi connectivity index (χ4v) is 3.15. The quantitative estimate of drug-likeness (QED) is 0.857. The molecule has 0 radical (unpaired) electrons. The standard InChI is InChI=1S/C17H22F2N2O/c18-15-6-5-14(16(19)11-15)12-20-7-2-8-21(10-9-20)17(22)13-3-1-4-13/h5-6,11,13H,1-4,7-10,12H2. The summed E-state index contributed by atoms with van der Waals surface area (Å²) in [5, 5.41) is 0. The van der Waals surface area contributed by atoms with Crippen LogP contribution in [0.3, 0.4) is 0 Å². The molecule has 0 unspecified atom stereocenters. The summed E-state index contributed by atoms with van der Waals surface area (Å²) in [4.78, 5) is 16.4. The van der Waals surface area contributed by atoms with Crippen LogP contribution in [0.15, 0.2) is 18.2 Å². The van der Waals surface area contributed by atoms with Gasteiger partial charge in [-0.05, 0) is 25.3 Å². The molecule has 0 atom stereocenters. The molecule has 3 nitrogen and oxygen atoms in total. The lowest BCUT2D eigenvalue weighted by atomic mass is 9.84. The van der Waals surface area contributed by atoms with Gasteiger partial charge in [0.1, 0.15) is 11.6 Å². The summed E-state index contributed by atoms with van der Waals surface area (Å²) in [6.07, 6.45) is 4.13. The normalized spacial score (nSPS) is 20.5. The van der Waals surface area contributed by atoms with Gasteiger partial charge in [0, 0.05) is 50.3 Å². The molecule has 120 valence electrons. The lowest BCUT2D eigenvalue weighted by molar-refractivity contribution is -0.138. The number of rotatable bonds is 3. The van der Waals surface area contributed by atoms with Crippen LogP contribution in [-0.2, 0) is 11.3 Å². The zero-order valence-corrected chi connectivity index (χ0v) is 12.7. The molecule has 0 bridgehead atoms. The van der Waals surface area contributed by atoms with Crippen molar-refractivity contribution in [1.82, 2.24) is 9.80 Å². The zero-order chi connectivity index (χ0) is 15.5. The van der Waals surface area contributed by atoms with E-state index in [1.54, 1.807) is 0 Å². The van der Waals surface area contributed by atoms with E-state index < -0.39 is 11.6 Å². The zero-order valence-electron chi connectivity index (χ0n) is 12.7. The van der Waals surface area contributed by atoms with E-state index in [1.165, 1.54) is 18.6 Å². The van der Waals surface area contributed by atoms with E-state index in [2.05, 4.69) is 4.90 Å². The van der Waals surface area contributed by atoms with Gasteiger partial charge in [0.25, 0.3) is 0 Å². The number of benzene rings is 1. The third-order valence-corrected chi connectivity index (χ3v) is 4.76. The van der Waals surface area contributed by atoms with Crippen LogP contribution in [0, 0.1) is 17.6 Å². The van der Waals surface area contributed by atoms with Crippen LogP contribution in [0.25, 0.3) is 0 Å². The number of nitrogens with zero attached hydrogens (tertiary/aromatic N) is 2. The minimum atomic E-state index is -0.547. The van der Waals surface area contributed by atoms with Crippen molar-refractivity contribution in [2.24, 2.45) is 5.92 Å². The molecule has 0 spiro atoms. The van der Waals surface area contributed by atoms with Crippen molar-refractivity contribution in [3.63, 3.8) is 0 Å². The maximum absolute atomic E-state index is 13.7. The monoisotopic (exact) mass is 308 g/mol. The van der Waals surface area contributed by atoms with E-state index in [-0.39, 0.29) is 5.92 Å². The molecule has 1 aliphatic carbocycles. The van der Waals surface area contributed by atoms with Gasteiger partial charge in [0.05, 0.1) is 0 Å². The molecule has 1 heterocycles. The summed E-state index contributed by atoms with van der Waals surface area (Å²) in [5.74, 6) is -0.511. The number of halogens is 2. The SMILES string of the molecule is O=C(C1CCC1)N1CCCN(Cc2ccc(F)cc2F)CC1. The maximum atomic E-state index is 13.7. The molecular formula is C17H22F2N2O. The summed E-state index contributed by atoms with van der Waals surface area (Å²) in [6, 6.07) is 3.73. The Morgan fingerprint density at radius 3 is 2.59 bits per heavy atom. The van der Waals surface area contributed by atoms with E-state index in [9.17, 15) is 13.6 Å². The van der Waals surface area contributed by atoms with Crippen molar-refractivity contribution in [2.45, 2.75) is 32.2 Å². The van der Waals surface area contributed by atoms with Gasteiger partial charge in [-0.3, -0.25) is 9.69 Å². The number of carbonyl (C=O) groups is 1. The van der Waals surface area contributed by atoms with E-state index in [1.807, 2.05) is 4.90 Å². The van der Waals surface area contributed by atoms with Gasteiger partial charge in [-0.15, -0.1) is 0 Å². The fraction of sp³-hybridized carbons (Fsp3) is 0.588. The van der Waals surface area contributed by atoms with Gasteiger partial charge in [0.2, 0.25) is 5.91 Å². The van der Waals surface area contributed by atoms with Crippen LogP contribution in [-0.4, -0.2) is 41.9 Å². The summed E-state index contributed by atoms with van der Waals surface area (Å²) in [7, 11) is 0. The average Bonchev–Trinajstić information content (AvgIpc) is 2.65. The molecule has 3 rings (SSSR count). The molecule has 1 aromatic rings. The number of hydrogen-bond donors (Lipinski definition) is 0. The first-order valence-corrected chi connectivity index (χ1v) is 8.08. The Morgan fingerprint density at radius 1 is 1.09 bits per heavy atom. The highest BCUT2D eigenvalue weighted by Crippen LogP contribution is 2.28. The molecule has 5 heteroatoms. The Balaban J connectivity index is 1.56. The fourth-order valence-electron chi connectivity index (χ4n) is 3.15. The second-order valence-corrected chi connectivity index (χ2v) is 6.32. The van der Waals surface area contributed by atoms with Crippen LogP contribution in [0.2, 0.25) is 0 Å². The molecule has 0 aromatic heterocycles. The topological polar surface area (TPSA) is 23.6 Å². The first kappa shape index (κ1) is 15.4. The number of hydrogen-bond acceptors (Lipinski definition) is 2. The van der Waals surface area contributed by atoms with Crippen molar-refractivity contribution in [2.75, 3.05) is 26.2 Å². The van der Waals surface area contributed by atoms with Crippen LogP contribution >= 0.6 is 0 Å². The number of carbonyl (C=O) groups excluding carboxylic acids is 1. The Labute approximate surface area is 129 Å². The number of amides is 1. The third-order valence-electron chi connectivity index (χ3n) is 4.76. The summed E-state index contributed by atoms with van der Waals surface area (Å²) in [6.45, 7) is 3.55. The van der Waals surface area contributed by atoms with Crippen LogP contribution in [0.1, 0.15) is 31.2 Å². The average molecular weight is 308 g/mol. The van der Waals surface area contributed by atoms with Crippen molar-refractivity contribution in [1.29, 1.82) is 0 Å². The predicted molar refractivity (Wildman–Crippen MR) is 80.2 cm³/mol. The van der Waals surface area contributed by atoms with Gasteiger partial charge in [-0.25, -0.2) is 8.78 Å². The lowest BCUT2D eigenvalue weighted by Gasteiger charge is -2.31. The predicted octanol–water partition coefficient (Wildman–Crippen LogP) is 2.80. The van der Waals surface area contributed by atoms with E-state index in [0.717, 1.165) is 45.0 Å². The molecular weight excluding hydrogens is 286 g/mol. The molecule has 2 aliphatic rings. The second kappa shape index (κ2) is 6.73. The largest absolute Gasteiger partial charge is 0.341 e. The minimum Gasteiger partial charge on any atom is -0.341 e. The van der Waals surface area contributed by atoms with Crippen molar-refractivity contribution >= 4 is 5.91 Å². The second-order valence-electron chi connectivity index (χ2n) is 6.32.